The number of halogens is 1. The van der Waals surface area contributed by atoms with Crippen LogP contribution in [0, 0.1) is 0 Å². The summed E-state index contributed by atoms with van der Waals surface area (Å²) >= 11 is 3.71. The minimum absolute atomic E-state index is 0.762. The van der Waals surface area contributed by atoms with Gasteiger partial charge >= 0.3 is 0 Å². The third-order valence-corrected chi connectivity index (χ3v) is 4.87. The van der Waals surface area contributed by atoms with Gasteiger partial charge in [0.05, 0.1) is 0 Å². The van der Waals surface area contributed by atoms with E-state index in [1.807, 2.05) is 0 Å². The fourth-order valence-corrected chi connectivity index (χ4v) is 3.33. The van der Waals surface area contributed by atoms with Gasteiger partial charge < -0.3 is 4.90 Å². The Morgan fingerprint density at radius 1 is 1.19 bits per heavy atom. The Morgan fingerprint density at radius 2 is 1.94 bits per heavy atom. The number of alkyl halides is 1. The lowest BCUT2D eigenvalue weighted by Crippen LogP contribution is -2.39. The van der Waals surface area contributed by atoms with E-state index < -0.39 is 0 Å². The number of fused-ring (bicyclic) bond motifs is 1. The van der Waals surface area contributed by atoms with Gasteiger partial charge in [-0.1, -0.05) is 40.2 Å². The molecule has 0 saturated carbocycles. The summed E-state index contributed by atoms with van der Waals surface area (Å²) in [7, 11) is 0. The molecule has 1 saturated heterocycles. The molecule has 0 aromatic heterocycles. The van der Waals surface area contributed by atoms with Gasteiger partial charge in [-0.25, -0.2) is 0 Å². The van der Waals surface area contributed by atoms with Crippen molar-refractivity contribution in [2.45, 2.75) is 30.0 Å². The molecule has 1 aliphatic carbocycles. The van der Waals surface area contributed by atoms with Gasteiger partial charge in [-0.05, 0) is 43.5 Å². The Morgan fingerprint density at radius 3 is 2.69 bits per heavy atom. The third kappa shape index (κ3) is 2.05. The largest absolute Gasteiger partial charge is 0.303 e. The molecule has 1 heterocycles. The van der Waals surface area contributed by atoms with Crippen molar-refractivity contribution in [3.8, 4) is 0 Å². The number of hydrogen-bond donors (Lipinski definition) is 0. The quantitative estimate of drug-likeness (QED) is 0.752. The van der Waals surface area contributed by atoms with Crippen LogP contribution in [0.4, 0.5) is 0 Å². The fourth-order valence-electron chi connectivity index (χ4n) is 2.92. The molecule has 1 aliphatic heterocycles. The Balaban J connectivity index is 1.58. The Bertz CT molecular complexity index is 369. The van der Waals surface area contributed by atoms with E-state index in [0.717, 1.165) is 10.7 Å². The predicted octanol–water partition coefficient (Wildman–Crippen LogP) is 3.19. The van der Waals surface area contributed by atoms with Gasteiger partial charge in [0.2, 0.25) is 0 Å². The first-order valence-electron chi connectivity index (χ1n) is 6.27. The molecule has 1 atom stereocenters. The standard InChI is InChI=1S/C14H18BrN/c15-13-5-7-16(8-6-13)10-12-9-11-3-1-2-4-14(11)12/h1-4,12-13H,5-10H2. The number of likely N-dealkylation sites (tertiary alicyclic amines) is 1. The van der Waals surface area contributed by atoms with Gasteiger partial charge in [-0.15, -0.1) is 0 Å². The second-order valence-corrected chi connectivity index (χ2v) is 6.37. The molecule has 1 nitrogen and oxygen atoms in total. The molecule has 0 radical (unpaired) electrons. The van der Waals surface area contributed by atoms with Crippen molar-refractivity contribution in [1.82, 2.24) is 4.90 Å². The molecule has 1 unspecified atom stereocenters. The summed E-state index contributed by atoms with van der Waals surface area (Å²) in [4.78, 5) is 3.40. The first kappa shape index (κ1) is 10.8. The van der Waals surface area contributed by atoms with Crippen LogP contribution in [0.2, 0.25) is 0 Å². The molecule has 2 heteroatoms. The molecule has 86 valence electrons. The number of benzene rings is 1. The molecule has 1 aromatic rings. The van der Waals surface area contributed by atoms with Crippen LogP contribution in [0.1, 0.15) is 29.9 Å². The Labute approximate surface area is 106 Å². The molecular formula is C14H18BrN. The maximum absolute atomic E-state index is 3.71. The zero-order valence-corrected chi connectivity index (χ0v) is 11.1. The van der Waals surface area contributed by atoms with E-state index in [0.29, 0.717) is 0 Å². The van der Waals surface area contributed by atoms with E-state index in [2.05, 4.69) is 45.1 Å². The summed E-state index contributed by atoms with van der Waals surface area (Å²) in [6, 6.07) is 8.92. The lowest BCUT2D eigenvalue weighted by atomic mass is 9.77. The van der Waals surface area contributed by atoms with E-state index in [9.17, 15) is 0 Å². The van der Waals surface area contributed by atoms with Gasteiger partial charge in [0.15, 0.2) is 0 Å². The van der Waals surface area contributed by atoms with E-state index in [1.54, 1.807) is 11.1 Å². The van der Waals surface area contributed by atoms with Gasteiger partial charge in [-0.3, -0.25) is 0 Å². The lowest BCUT2D eigenvalue weighted by Gasteiger charge is -2.37. The summed E-state index contributed by atoms with van der Waals surface area (Å²) in [5.41, 5.74) is 3.17. The molecule has 0 spiro atoms. The third-order valence-electron chi connectivity index (χ3n) is 3.96. The molecule has 0 N–H and O–H groups in total. The van der Waals surface area contributed by atoms with Crippen LogP contribution in [0.15, 0.2) is 24.3 Å². The second kappa shape index (κ2) is 4.50. The molecule has 1 aromatic carbocycles. The van der Waals surface area contributed by atoms with Crippen LogP contribution in [-0.2, 0) is 6.42 Å². The zero-order valence-electron chi connectivity index (χ0n) is 9.53. The lowest BCUT2D eigenvalue weighted by molar-refractivity contribution is 0.214. The highest BCUT2D eigenvalue weighted by Crippen LogP contribution is 2.35. The molecule has 2 aliphatic rings. The van der Waals surface area contributed by atoms with Crippen molar-refractivity contribution in [2.75, 3.05) is 19.6 Å². The van der Waals surface area contributed by atoms with Crippen molar-refractivity contribution in [3.63, 3.8) is 0 Å². The Kier molecular flexibility index (Phi) is 3.03. The molecule has 0 bridgehead atoms. The van der Waals surface area contributed by atoms with Crippen molar-refractivity contribution in [3.05, 3.63) is 35.4 Å². The molecular weight excluding hydrogens is 262 g/mol. The smallest absolute Gasteiger partial charge is 0.0170 e. The highest BCUT2D eigenvalue weighted by atomic mass is 79.9. The summed E-state index contributed by atoms with van der Waals surface area (Å²) in [5, 5.41) is 0. The summed E-state index contributed by atoms with van der Waals surface area (Å²) in [5.74, 6) is 0.808. The predicted molar refractivity (Wildman–Crippen MR) is 71.3 cm³/mol. The van der Waals surface area contributed by atoms with Crippen LogP contribution in [0.25, 0.3) is 0 Å². The molecule has 1 fully saturated rings. The summed E-state index contributed by atoms with van der Waals surface area (Å²) in [6.07, 6.45) is 3.92. The minimum atomic E-state index is 0.762. The van der Waals surface area contributed by atoms with E-state index in [-0.39, 0.29) is 0 Å². The maximum Gasteiger partial charge on any atom is 0.0170 e. The van der Waals surface area contributed by atoms with Crippen LogP contribution in [0.5, 0.6) is 0 Å². The van der Waals surface area contributed by atoms with E-state index in [1.165, 1.54) is 38.9 Å². The summed E-state index contributed by atoms with van der Waals surface area (Å²) < 4.78 is 0. The minimum Gasteiger partial charge on any atom is -0.303 e. The average Bonchev–Trinajstić information content (AvgIpc) is 2.28. The Hall–Kier alpha value is -0.340. The van der Waals surface area contributed by atoms with Gasteiger partial charge in [0, 0.05) is 17.3 Å². The monoisotopic (exact) mass is 279 g/mol. The van der Waals surface area contributed by atoms with Gasteiger partial charge in [-0.2, -0.15) is 0 Å². The first-order valence-corrected chi connectivity index (χ1v) is 7.19. The second-order valence-electron chi connectivity index (χ2n) is 5.08. The normalized spacial score (nSPS) is 26.2. The number of nitrogens with zero attached hydrogens (tertiary/aromatic N) is 1. The molecule has 16 heavy (non-hydrogen) atoms. The van der Waals surface area contributed by atoms with Crippen molar-refractivity contribution in [1.29, 1.82) is 0 Å². The first-order chi connectivity index (χ1) is 7.83. The van der Waals surface area contributed by atoms with Crippen LogP contribution in [0.3, 0.4) is 0 Å². The van der Waals surface area contributed by atoms with Gasteiger partial charge in [0.1, 0.15) is 0 Å². The number of hydrogen-bond acceptors (Lipinski definition) is 1. The van der Waals surface area contributed by atoms with E-state index in [4.69, 9.17) is 0 Å². The highest BCUT2D eigenvalue weighted by Gasteiger charge is 2.28. The average molecular weight is 280 g/mol. The fraction of sp³-hybridized carbons (Fsp3) is 0.571. The summed E-state index contributed by atoms with van der Waals surface area (Å²) in [6.45, 7) is 3.82. The number of piperidine rings is 1. The van der Waals surface area contributed by atoms with Crippen molar-refractivity contribution < 1.29 is 0 Å². The van der Waals surface area contributed by atoms with E-state index >= 15 is 0 Å². The maximum atomic E-state index is 3.71. The number of rotatable bonds is 2. The van der Waals surface area contributed by atoms with Crippen LogP contribution < -0.4 is 0 Å². The highest BCUT2D eigenvalue weighted by molar-refractivity contribution is 9.09. The van der Waals surface area contributed by atoms with Crippen LogP contribution in [-0.4, -0.2) is 29.4 Å². The van der Waals surface area contributed by atoms with Crippen molar-refractivity contribution >= 4 is 15.9 Å². The molecule has 0 amide bonds. The van der Waals surface area contributed by atoms with Gasteiger partial charge in [0.25, 0.3) is 0 Å². The van der Waals surface area contributed by atoms with Crippen molar-refractivity contribution in [2.24, 2.45) is 0 Å². The topological polar surface area (TPSA) is 3.24 Å². The zero-order chi connectivity index (χ0) is 11.0. The molecule has 3 rings (SSSR count). The van der Waals surface area contributed by atoms with Crippen LogP contribution >= 0.6 is 15.9 Å². The SMILES string of the molecule is BrC1CCN(CC2Cc3ccccc32)CC1.